The van der Waals surface area contributed by atoms with Gasteiger partial charge < -0.3 is 10.2 Å². The molecule has 0 saturated carbocycles. The first kappa shape index (κ1) is 29.8. The third-order valence-corrected chi connectivity index (χ3v) is 7.74. The van der Waals surface area contributed by atoms with Crippen molar-refractivity contribution in [2.45, 2.75) is 33.4 Å². The third kappa shape index (κ3) is 7.55. The van der Waals surface area contributed by atoms with Crippen molar-refractivity contribution in [3.05, 3.63) is 63.9 Å². The van der Waals surface area contributed by atoms with Crippen LogP contribution in [-0.2, 0) is 26.3 Å². The van der Waals surface area contributed by atoms with Crippen molar-refractivity contribution >= 4 is 50.9 Å². The fourth-order valence-electron chi connectivity index (χ4n) is 3.22. The number of amides is 2. The Labute approximate surface area is 222 Å². The molecule has 0 aromatic heterocycles. The van der Waals surface area contributed by atoms with Crippen molar-refractivity contribution < 1.29 is 22.4 Å². The summed E-state index contributed by atoms with van der Waals surface area (Å²) < 4.78 is 42.3. The molecule has 0 radical (unpaired) electrons. The zero-order valence-corrected chi connectivity index (χ0v) is 23.2. The highest BCUT2D eigenvalue weighted by molar-refractivity contribution is 7.90. The number of benzene rings is 2. The molecule has 2 aromatic carbocycles. The van der Waals surface area contributed by atoms with Crippen molar-refractivity contribution in [3.8, 4) is 0 Å². The molecule has 36 heavy (non-hydrogen) atoms. The Balaban J connectivity index is 2.48. The number of carbonyl (C=O) groups is 2. The van der Waals surface area contributed by atoms with Gasteiger partial charge in [-0.3, -0.25) is 9.59 Å². The Morgan fingerprint density at radius 3 is 2.25 bits per heavy atom. The molecule has 0 aliphatic carbocycles. The molecule has 8 nitrogen and oxygen atoms in total. The predicted molar refractivity (Wildman–Crippen MR) is 141 cm³/mol. The Hall–Kier alpha value is -2.40. The van der Waals surface area contributed by atoms with Gasteiger partial charge in [-0.2, -0.15) is 12.7 Å². The number of anilines is 1. The zero-order chi connectivity index (χ0) is 27.2. The lowest BCUT2D eigenvalue weighted by molar-refractivity contribution is -0.139. The van der Waals surface area contributed by atoms with Gasteiger partial charge in [-0.1, -0.05) is 55.2 Å². The summed E-state index contributed by atoms with van der Waals surface area (Å²) in [5, 5.41) is 3.46. The molecule has 2 aromatic rings. The quantitative estimate of drug-likeness (QED) is 0.450. The molecule has 0 saturated heterocycles. The fourth-order valence-corrected chi connectivity index (χ4v) is 4.76. The SMILES string of the molecule is CC(C)CNC(=O)[C@@H](C)N(Cc1ccc(Cl)cc1Cl)C(=O)CN(c1ccccc1F)S(=O)(=O)N(C)C. The maximum atomic E-state index is 14.6. The molecule has 0 spiro atoms. The van der Waals surface area contributed by atoms with Crippen molar-refractivity contribution in [1.29, 1.82) is 0 Å². The van der Waals surface area contributed by atoms with Crippen LogP contribution >= 0.6 is 23.2 Å². The Bertz CT molecular complexity index is 1190. The summed E-state index contributed by atoms with van der Waals surface area (Å²) in [7, 11) is -1.70. The largest absolute Gasteiger partial charge is 0.354 e. The Kier molecular flexibility index (Phi) is 10.5. The second kappa shape index (κ2) is 12.7. The number of rotatable bonds is 11. The van der Waals surface area contributed by atoms with Crippen LogP contribution in [0.5, 0.6) is 0 Å². The first-order valence-corrected chi connectivity index (χ1v) is 13.4. The average Bonchev–Trinajstić information content (AvgIpc) is 2.80. The summed E-state index contributed by atoms with van der Waals surface area (Å²) in [4.78, 5) is 27.7. The van der Waals surface area contributed by atoms with Crippen LogP contribution in [0.1, 0.15) is 26.3 Å². The number of nitrogens with zero attached hydrogens (tertiary/aromatic N) is 3. The molecule has 2 amide bonds. The summed E-state index contributed by atoms with van der Waals surface area (Å²) in [5.74, 6) is -1.78. The summed E-state index contributed by atoms with van der Waals surface area (Å²) in [6.07, 6.45) is 0. The molecular weight excluding hydrogens is 530 g/mol. The van der Waals surface area contributed by atoms with Gasteiger partial charge in [0, 0.05) is 37.2 Å². The molecule has 0 aliphatic heterocycles. The molecule has 1 N–H and O–H groups in total. The van der Waals surface area contributed by atoms with Gasteiger partial charge in [0.15, 0.2) is 0 Å². The standard InChI is InChI=1S/C24H31Cl2FN4O4S/c1-16(2)13-28-24(33)17(3)30(14-18-10-11-19(25)12-20(18)26)23(32)15-31(36(34,35)29(4)5)22-9-7-6-8-21(22)27/h6-12,16-17H,13-15H2,1-5H3,(H,28,33)/t17-/m1/s1. The van der Waals surface area contributed by atoms with Crippen molar-refractivity contribution in [2.24, 2.45) is 5.92 Å². The van der Waals surface area contributed by atoms with Crippen molar-refractivity contribution in [1.82, 2.24) is 14.5 Å². The highest BCUT2D eigenvalue weighted by Gasteiger charge is 2.34. The van der Waals surface area contributed by atoms with Gasteiger partial charge in [-0.25, -0.2) is 8.70 Å². The van der Waals surface area contributed by atoms with Crippen LogP contribution in [0.3, 0.4) is 0 Å². The molecule has 0 bridgehead atoms. The summed E-state index contributed by atoms with van der Waals surface area (Å²) in [6, 6.07) is 8.99. The van der Waals surface area contributed by atoms with E-state index in [1.165, 1.54) is 50.2 Å². The van der Waals surface area contributed by atoms with Crippen molar-refractivity contribution in [3.63, 3.8) is 0 Å². The highest BCUT2D eigenvalue weighted by atomic mass is 35.5. The van der Waals surface area contributed by atoms with Crippen LogP contribution in [0.25, 0.3) is 0 Å². The summed E-state index contributed by atoms with van der Waals surface area (Å²) in [5.41, 5.74) is 0.215. The lowest BCUT2D eigenvalue weighted by Crippen LogP contribution is -2.52. The fraction of sp³-hybridized carbons (Fsp3) is 0.417. The lowest BCUT2D eigenvalue weighted by atomic mass is 10.1. The number of halogens is 3. The number of hydrogen-bond acceptors (Lipinski definition) is 4. The molecule has 1 atom stereocenters. The molecule has 0 unspecified atom stereocenters. The second-order valence-electron chi connectivity index (χ2n) is 8.82. The van der Waals surface area contributed by atoms with E-state index >= 15 is 0 Å². The van der Waals surface area contributed by atoms with Gasteiger partial charge in [0.2, 0.25) is 11.8 Å². The smallest absolute Gasteiger partial charge is 0.304 e. The normalized spacial score (nSPS) is 12.5. The molecule has 0 aliphatic rings. The summed E-state index contributed by atoms with van der Waals surface area (Å²) in [6.45, 7) is 4.95. The van der Waals surface area contributed by atoms with Gasteiger partial charge in [0.1, 0.15) is 18.4 Å². The predicted octanol–water partition coefficient (Wildman–Crippen LogP) is 3.93. The first-order valence-electron chi connectivity index (χ1n) is 11.2. The van der Waals surface area contributed by atoms with Crippen LogP contribution in [-0.4, -0.2) is 62.7 Å². The monoisotopic (exact) mass is 560 g/mol. The molecule has 0 heterocycles. The average molecular weight is 562 g/mol. The second-order valence-corrected chi connectivity index (χ2v) is 11.7. The highest BCUT2D eigenvalue weighted by Crippen LogP contribution is 2.26. The van der Waals surface area contributed by atoms with E-state index in [1.54, 1.807) is 12.1 Å². The third-order valence-electron chi connectivity index (χ3n) is 5.35. The Morgan fingerprint density at radius 2 is 1.69 bits per heavy atom. The van der Waals surface area contributed by atoms with Gasteiger partial charge in [0.25, 0.3) is 0 Å². The van der Waals surface area contributed by atoms with E-state index in [-0.39, 0.29) is 23.2 Å². The molecule has 2 rings (SSSR count). The van der Waals surface area contributed by atoms with Crippen LogP contribution in [0.4, 0.5) is 10.1 Å². The van der Waals surface area contributed by atoms with E-state index in [0.717, 1.165) is 10.4 Å². The maximum absolute atomic E-state index is 14.6. The zero-order valence-electron chi connectivity index (χ0n) is 20.8. The van der Waals surface area contributed by atoms with Crippen LogP contribution in [0, 0.1) is 11.7 Å². The minimum atomic E-state index is -4.26. The topological polar surface area (TPSA) is 90.0 Å². The Morgan fingerprint density at radius 1 is 1.06 bits per heavy atom. The number of hydrogen-bond donors (Lipinski definition) is 1. The minimum absolute atomic E-state index is 0.0990. The minimum Gasteiger partial charge on any atom is -0.354 e. The van der Waals surface area contributed by atoms with Crippen molar-refractivity contribution in [2.75, 3.05) is 31.5 Å². The number of para-hydroxylation sites is 1. The maximum Gasteiger partial charge on any atom is 0.304 e. The van der Waals surface area contributed by atoms with E-state index in [1.807, 2.05) is 13.8 Å². The number of nitrogens with one attached hydrogen (secondary N) is 1. The van der Waals surface area contributed by atoms with Gasteiger partial charge >= 0.3 is 10.2 Å². The van der Waals surface area contributed by atoms with E-state index < -0.39 is 40.4 Å². The van der Waals surface area contributed by atoms with Crippen LogP contribution < -0.4 is 9.62 Å². The van der Waals surface area contributed by atoms with Gasteiger partial charge in [-0.15, -0.1) is 0 Å². The van der Waals surface area contributed by atoms with Crippen LogP contribution in [0.2, 0.25) is 10.0 Å². The molecule has 198 valence electrons. The summed E-state index contributed by atoms with van der Waals surface area (Å²) >= 11 is 12.3. The van der Waals surface area contributed by atoms with E-state index in [0.29, 0.717) is 21.4 Å². The number of carbonyl (C=O) groups excluding carboxylic acids is 2. The molecule has 0 fully saturated rings. The molecular formula is C24H31Cl2FN4O4S. The van der Waals surface area contributed by atoms with E-state index in [9.17, 15) is 22.4 Å². The van der Waals surface area contributed by atoms with Gasteiger partial charge in [-0.05, 0) is 42.7 Å². The lowest BCUT2D eigenvalue weighted by Gasteiger charge is -2.33. The van der Waals surface area contributed by atoms with Crippen LogP contribution in [0.15, 0.2) is 42.5 Å². The van der Waals surface area contributed by atoms with Gasteiger partial charge in [0.05, 0.1) is 5.69 Å². The first-order chi connectivity index (χ1) is 16.7. The van der Waals surface area contributed by atoms with E-state index in [4.69, 9.17) is 23.2 Å². The van der Waals surface area contributed by atoms with E-state index in [2.05, 4.69) is 5.32 Å². The molecule has 12 heteroatoms.